The molecule has 0 spiro atoms. The maximum atomic E-state index is 13.5. The molecule has 1 rings (SSSR count). The van der Waals surface area contributed by atoms with E-state index in [0.29, 0.717) is 5.69 Å². The van der Waals surface area contributed by atoms with E-state index >= 15 is 0 Å². The summed E-state index contributed by atoms with van der Waals surface area (Å²) in [6.45, 7) is 1.40. The average molecular weight is 275 g/mol. The topological polar surface area (TPSA) is 106 Å². The zero-order valence-electron chi connectivity index (χ0n) is 10.9. The number of nitrogens with two attached hydrogens (primary N) is 1. The normalized spacial score (nSPS) is 11.4. The Morgan fingerprint density at radius 3 is 2.60 bits per heavy atom. The van der Waals surface area contributed by atoms with Crippen LogP contribution in [0.3, 0.4) is 0 Å². The van der Waals surface area contributed by atoms with Gasteiger partial charge in [-0.2, -0.15) is 10.5 Å². The Kier molecular flexibility index (Phi) is 5.45. The highest BCUT2D eigenvalue weighted by atomic mass is 19.1. The summed E-state index contributed by atoms with van der Waals surface area (Å²) in [6, 6.07) is 6.84. The number of carbonyl (C=O) groups is 1. The second-order valence-corrected chi connectivity index (χ2v) is 4.13. The van der Waals surface area contributed by atoms with Gasteiger partial charge < -0.3 is 11.1 Å². The number of nitrogens with zero attached hydrogens (tertiary/aromatic N) is 3. The van der Waals surface area contributed by atoms with Crippen LogP contribution in [0, 0.1) is 28.5 Å². The maximum Gasteiger partial charge on any atom is 0.241 e. The Morgan fingerprint density at radius 1 is 1.45 bits per heavy atom. The van der Waals surface area contributed by atoms with Crippen molar-refractivity contribution >= 4 is 17.3 Å². The van der Waals surface area contributed by atoms with E-state index in [4.69, 9.17) is 16.3 Å². The van der Waals surface area contributed by atoms with Gasteiger partial charge in [-0.25, -0.2) is 4.39 Å². The van der Waals surface area contributed by atoms with Crippen molar-refractivity contribution in [2.24, 2.45) is 0 Å². The number of nitrogen functional groups attached to an aromatic ring is 1. The number of halogens is 1. The summed E-state index contributed by atoms with van der Waals surface area (Å²) in [5, 5.41) is 19.7. The lowest BCUT2D eigenvalue weighted by Gasteiger charge is -2.23. The smallest absolute Gasteiger partial charge is 0.241 e. The van der Waals surface area contributed by atoms with Crippen molar-refractivity contribution in [3.63, 3.8) is 0 Å². The molecule has 3 N–H and O–H groups in total. The lowest BCUT2D eigenvalue weighted by atomic mass is 10.2. The van der Waals surface area contributed by atoms with Gasteiger partial charge in [-0.05, 0) is 25.1 Å². The van der Waals surface area contributed by atoms with Crippen molar-refractivity contribution in [3.8, 4) is 12.1 Å². The van der Waals surface area contributed by atoms with Gasteiger partial charge in [0.1, 0.15) is 5.82 Å². The number of amides is 1. The van der Waals surface area contributed by atoms with E-state index in [-0.39, 0.29) is 18.8 Å². The van der Waals surface area contributed by atoms with E-state index in [1.54, 1.807) is 0 Å². The molecular formula is C13H14FN5O. The molecule has 0 radical (unpaired) electrons. The van der Waals surface area contributed by atoms with Crippen LogP contribution >= 0.6 is 0 Å². The largest absolute Gasteiger partial charge is 0.399 e. The average Bonchev–Trinajstić information content (AvgIpc) is 2.41. The van der Waals surface area contributed by atoms with Crippen molar-refractivity contribution < 1.29 is 9.18 Å². The van der Waals surface area contributed by atoms with E-state index in [2.05, 4.69) is 5.32 Å². The molecule has 6 nitrogen and oxygen atoms in total. The van der Waals surface area contributed by atoms with E-state index in [0.717, 1.165) is 6.07 Å². The first-order valence-electron chi connectivity index (χ1n) is 5.83. The summed E-state index contributed by atoms with van der Waals surface area (Å²) in [4.78, 5) is 13.4. The van der Waals surface area contributed by atoms with Crippen LogP contribution in [-0.4, -0.2) is 29.9 Å². The third kappa shape index (κ3) is 3.94. The molecule has 7 heteroatoms. The number of hydrogen-bond donors (Lipinski definition) is 2. The highest BCUT2D eigenvalue weighted by molar-refractivity contribution is 5.95. The summed E-state index contributed by atoms with van der Waals surface area (Å²) in [5.41, 5.74) is 5.81. The Bertz CT molecular complexity index is 559. The molecular weight excluding hydrogens is 261 g/mol. The van der Waals surface area contributed by atoms with Crippen LogP contribution < -0.4 is 11.1 Å². The van der Waals surface area contributed by atoms with Crippen LogP contribution in [0.4, 0.5) is 15.8 Å². The van der Waals surface area contributed by atoms with E-state index in [1.165, 1.54) is 24.0 Å². The quantitative estimate of drug-likeness (QED) is 0.618. The minimum Gasteiger partial charge on any atom is -0.399 e. The molecule has 0 aliphatic rings. The molecule has 0 bridgehead atoms. The lowest BCUT2D eigenvalue weighted by Crippen LogP contribution is -2.42. The molecule has 1 atom stereocenters. The Balaban J connectivity index is 2.82. The van der Waals surface area contributed by atoms with Crippen molar-refractivity contribution in [2.75, 3.05) is 24.1 Å². The van der Waals surface area contributed by atoms with Gasteiger partial charge >= 0.3 is 0 Å². The number of anilines is 2. The molecule has 1 aromatic carbocycles. The van der Waals surface area contributed by atoms with Crippen LogP contribution in [0.2, 0.25) is 0 Å². The summed E-state index contributed by atoms with van der Waals surface area (Å²) in [5.74, 6) is -1.12. The first-order valence-corrected chi connectivity index (χ1v) is 5.83. The maximum absolute atomic E-state index is 13.5. The third-order valence-corrected chi connectivity index (χ3v) is 2.72. The number of nitriles is 2. The summed E-state index contributed by atoms with van der Waals surface area (Å²) in [7, 11) is 0. The van der Waals surface area contributed by atoms with Crippen molar-refractivity contribution in [1.29, 1.82) is 10.5 Å². The van der Waals surface area contributed by atoms with Gasteiger partial charge in [0.25, 0.3) is 0 Å². The lowest BCUT2D eigenvalue weighted by molar-refractivity contribution is -0.120. The van der Waals surface area contributed by atoms with E-state index in [1.807, 2.05) is 12.1 Å². The predicted octanol–water partition coefficient (Wildman–Crippen LogP) is 1.08. The molecule has 0 aliphatic heterocycles. The van der Waals surface area contributed by atoms with Crippen LogP contribution in [0.25, 0.3) is 0 Å². The molecule has 20 heavy (non-hydrogen) atoms. The molecule has 104 valence electrons. The number of nitrogens with one attached hydrogen (secondary N) is 1. The summed E-state index contributed by atoms with van der Waals surface area (Å²) in [6.07, 6.45) is 0. The van der Waals surface area contributed by atoms with Gasteiger partial charge in [0, 0.05) is 5.69 Å². The molecule has 0 heterocycles. The Hall–Kier alpha value is -2.64. The van der Waals surface area contributed by atoms with E-state index in [9.17, 15) is 9.18 Å². The standard InChI is InChI=1S/C13H14FN5O/c1-9(19(6-4-15)7-5-16)13(20)18-12-8-10(17)2-3-11(12)14/h2-3,8-9H,6-7,17H2,1H3,(H,18,20). The highest BCUT2D eigenvalue weighted by Gasteiger charge is 2.21. The van der Waals surface area contributed by atoms with Gasteiger partial charge in [0.15, 0.2) is 0 Å². The van der Waals surface area contributed by atoms with Gasteiger partial charge in [0.05, 0.1) is 37.0 Å². The molecule has 0 saturated heterocycles. The van der Waals surface area contributed by atoms with Gasteiger partial charge in [-0.3, -0.25) is 9.69 Å². The minimum atomic E-state index is -0.741. The predicted molar refractivity (Wildman–Crippen MR) is 71.7 cm³/mol. The number of benzene rings is 1. The second-order valence-electron chi connectivity index (χ2n) is 4.13. The van der Waals surface area contributed by atoms with Crippen molar-refractivity contribution in [2.45, 2.75) is 13.0 Å². The van der Waals surface area contributed by atoms with Crippen molar-refractivity contribution in [3.05, 3.63) is 24.0 Å². The fraction of sp³-hybridized carbons (Fsp3) is 0.308. The molecule has 0 fully saturated rings. The Morgan fingerprint density at radius 2 is 2.05 bits per heavy atom. The zero-order chi connectivity index (χ0) is 15.1. The van der Waals surface area contributed by atoms with Crippen LogP contribution in [0.5, 0.6) is 0 Å². The number of carbonyl (C=O) groups excluding carboxylic acids is 1. The van der Waals surface area contributed by atoms with E-state index < -0.39 is 17.8 Å². The molecule has 1 unspecified atom stereocenters. The van der Waals surface area contributed by atoms with Crippen molar-refractivity contribution in [1.82, 2.24) is 4.90 Å². The Labute approximate surface area is 116 Å². The van der Waals surface area contributed by atoms with Crippen LogP contribution in [0.15, 0.2) is 18.2 Å². The van der Waals surface area contributed by atoms with Gasteiger partial charge in [0.2, 0.25) is 5.91 Å². The van der Waals surface area contributed by atoms with Gasteiger partial charge in [-0.15, -0.1) is 0 Å². The number of rotatable bonds is 5. The summed E-state index contributed by atoms with van der Waals surface area (Å²) < 4.78 is 13.5. The molecule has 0 saturated carbocycles. The van der Waals surface area contributed by atoms with Crippen LogP contribution in [0.1, 0.15) is 6.92 Å². The summed E-state index contributed by atoms with van der Waals surface area (Å²) >= 11 is 0. The molecule has 1 aromatic rings. The SMILES string of the molecule is CC(C(=O)Nc1cc(N)ccc1F)N(CC#N)CC#N. The minimum absolute atomic E-state index is 0.0317. The molecule has 1 amide bonds. The first kappa shape index (κ1) is 15.4. The van der Waals surface area contributed by atoms with Gasteiger partial charge in [-0.1, -0.05) is 0 Å². The molecule has 0 aliphatic carbocycles. The first-order chi connectivity index (χ1) is 9.49. The fourth-order valence-electron chi connectivity index (χ4n) is 1.55. The number of hydrogen-bond acceptors (Lipinski definition) is 5. The highest BCUT2D eigenvalue weighted by Crippen LogP contribution is 2.18. The molecule has 0 aromatic heterocycles. The fourth-order valence-corrected chi connectivity index (χ4v) is 1.55. The zero-order valence-corrected chi connectivity index (χ0v) is 10.9. The second kappa shape index (κ2) is 7.07. The monoisotopic (exact) mass is 275 g/mol. The van der Waals surface area contributed by atoms with Crippen LogP contribution in [-0.2, 0) is 4.79 Å². The third-order valence-electron chi connectivity index (χ3n) is 2.72.